The van der Waals surface area contributed by atoms with E-state index in [0.29, 0.717) is 64.3 Å². The minimum absolute atomic E-state index is 0.221. The van der Waals surface area contributed by atoms with Crippen LogP contribution >= 0.6 is 37.0 Å². The van der Waals surface area contributed by atoms with E-state index in [1.54, 1.807) is 49.4 Å². The van der Waals surface area contributed by atoms with Crippen molar-refractivity contribution < 1.29 is 33.3 Å². The molecule has 0 bridgehead atoms. The van der Waals surface area contributed by atoms with Gasteiger partial charge >= 0.3 is 17.9 Å². The monoisotopic (exact) mass is 1050 g/mol. The van der Waals surface area contributed by atoms with E-state index in [1.807, 2.05) is 48.5 Å². The molecule has 0 saturated carbocycles. The summed E-state index contributed by atoms with van der Waals surface area (Å²) < 4.78 is 21.7. The van der Waals surface area contributed by atoms with Crippen molar-refractivity contribution in [2.75, 3.05) is 13.0 Å². The van der Waals surface area contributed by atoms with Crippen molar-refractivity contribution in [2.24, 2.45) is 11.8 Å². The van der Waals surface area contributed by atoms with E-state index >= 15 is 0 Å². The molecule has 0 saturated heterocycles. The molecule has 0 aromatic heterocycles. The van der Waals surface area contributed by atoms with Gasteiger partial charge in [0, 0.05) is 0 Å². The van der Waals surface area contributed by atoms with Crippen molar-refractivity contribution in [1.29, 1.82) is 0 Å². The maximum atomic E-state index is 12.6. The van der Waals surface area contributed by atoms with E-state index in [4.69, 9.17) is 18.9 Å². The van der Waals surface area contributed by atoms with Gasteiger partial charge in [-0.1, -0.05) is 132 Å². The van der Waals surface area contributed by atoms with Gasteiger partial charge < -0.3 is 18.9 Å². The van der Waals surface area contributed by atoms with Gasteiger partial charge in [0.05, 0.1) is 23.3 Å². The highest BCUT2D eigenvalue weighted by molar-refractivity contribution is 7.16. The van der Waals surface area contributed by atoms with E-state index in [0.717, 1.165) is 50.6 Å². The fourth-order valence-corrected chi connectivity index (χ4v) is 7.71. The average molecular weight is 1050 g/mol. The fourth-order valence-electron chi connectivity index (χ4n) is 6.70. The topological polar surface area (TPSA) is 88.1 Å². The van der Waals surface area contributed by atoms with Crippen molar-refractivity contribution in [3.63, 3.8) is 0 Å². The van der Waals surface area contributed by atoms with Crippen LogP contribution in [0.5, 0.6) is 17.2 Å². The van der Waals surface area contributed by atoms with Gasteiger partial charge in [-0.25, -0.2) is 14.4 Å². The number of rotatable bonds is 19. The molecule has 0 spiro atoms. The molecule has 6 atom stereocenters. The van der Waals surface area contributed by atoms with Crippen molar-refractivity contribution in [3.8, 4) is 17.2 Å². The zero-order valence-electron chi connectivity index (χ0n) is 43.7. The number of benzene rings is 6. The number of hydrogen-bond donors (Lipinski definition) is 0. The van der Waals surface area contributed by atoms with Gasteiger partial charge in [-0.05, 0) is 185 Å². The zero-order valence-corrected chi connectivity index (χ0v) is 48.4. The molecule has 0 aliphatic rings. The lowest BCUT2D eigenvalue weighted by atomic mass is 9.99. The Labute approximate surface area is 440 Å². The Kier molecular flexibility index (Phi) is 29.3. The molecular formula is C61H78O7P4. The Morgan fingerprint density at radius 2 is 0.986 bits per heavy atom. The molecule has 0 amide bonds. The molecule has 6 aromatic rings. The van der Waals surface area contributed by atoms with Crippen molar-refractivity contribution >= 4 is 54.9 Å². The molecule has 7 nitrogen and oxygen atoms in total. The molecule has 6 rings (SSSR count). The molecule has 11 heteroatoms. The molecule has 6 aromatic carbocycles. The molecule has 0 aliphatic heterocycles. The van der Waals surface area contributed by atoms with Crippen LogP contribution in [0.3, 0.4) is 0 Å². The number of carbonyl (C=O) groups is 3. The normalized spacial score (nSPS) is 11.1. The summed E-state index contributed by atoms with van der Waals surface area (Å²) in [6.45, 7) is 17.3. The van der Waals surface area contributed by atoms with E-state index in [9.17, 15) is 14.4 Å². The predicted octanol–water partition coefficient (Wildman–Crippen LogP) is 16.0. The van der Waals surface area contributed by atoms with E-state index < -0.39 is 11.9 Å². The van der Waals surface area contributed by atoms with Gasteiger partial charge in [0.15, 0.2) is 0 Å². The lowest BCUT2D eigenvalue weighted by molar-refractivity contribution is 0.0483. The third kappa shape index (κ3) is 24.1. The van der Waals surface area contributed by atoms with Crippen molar-refractivity contribution in [2.45, 2.75) is 106 Å². The van der Waals surface area contributed by atoms with Gasteiger partial charge in [-0.3, -0.25) is 0 Å². The quantitative estimate of drug-likeness (QED) is 0.0346. The minimum Gasteiger partial charge on any atom is -0.490 e. The second-order valence-corrected chi connectivity index (χ2v) is 19.7. The van der Waals surface area contributed by atoms with Gasteiger partial charge in [-0.2, -0.15) is 0 Å². The minimum atomic E-state index is -0.483. The van der Waals surface area contributed by atoms with Crippen LogP contribution in [0.1, 0.15) is 130 Å². The lowest BCUT2D eigenvalue weighted by Gasteiger charge is -2.11. The first-order chi connectivity index (χ1) is 34.6. The first kappa shape index (κ1) is 61.3. The summed E-state index contributed by atoms with van der Waals surface area (Å²) in [5, 5.41) is 0. The maximum Gasteiger partial charge on any atom is 0.343 e. The van der Waals surface area contributed by atoms with Gasteiger partial charge in [0.2, 0.25) is 0 Å². The molecule has 0 aliphatic carbocycles. The predicted molar refractivity (Wildman–Crippen MR) is 314 cm³/mol. The molecule has 0 N–H and O–H groups in total. The maximum absolute atomic E-state index is 12.6. The Morgan fingerprint density at radius 1 is 0.528 bits per heavy atom. The van der Waals surface area contributed by atoms with Crippen molar-refractivity contribution in [1.82, 2.24) is 0 Å². The third-order valence-electron chi connectivity index (χ3n) is 11.6. The van der Waals surface area contributed by atoms with Crippen LogP contribution in [-0.4, -0.2) is 30.9 Å². The largest absolute Gasteiger partial charge is 0.490 e. The number of aryl methyl sites for hydroxylation is 3. The highest BCUT2D eigenvalue weighted by atomic mass is 31.0. The summed E-state index contributed by atoms with van der Waals surface area (Å²) in [5.41, 5.74) is 11.3. The molecule has 0 fully saturated rings. The lowest BCUT2D eigenvalue weighted by Crippen LogP contribution is -2.11. The molecule has 0 heterocycles. The standard InChI is InChI=1S/C27H29O5P.C18H27O2P.2C8H11P/c1-4-18(2)15-20-5-10-24(11-6-20)31-27(29)22-9-14-25(19(3)16-22)32-26(28)21-7-12-23(13-8-21)30-17-33;1-14(2)5-4-6-15(3)11-12-20-18(19)17-9-7-16(13-21)8-10-17;2*1-7-2-4-8(6-9)5-3-7/h5-14,16,18H,4,15,17,33H2,1-3H3;5,7-10,15H,4,6,11-13,21H2,1-3H3;2*2-5H,6,9H2,1H3. The Hall–Kier alpha value is -5.01. The Balaban J connectivity index is 0.000000295. The van der Waals surface area contributed by atoms with Crippen LogP contribution in [0.2, 0.25) is 0 Å². The number of allylic oxidation sites excluding steroid dienone is 2. The van der Waals surface area contributed by atoms with Gasteiger partial charge in [0.25, 0.3) is 0 Å². The highest BCUT2D eigenvalue weighted by Crippen LogP contribution is 2.24. The first-order valence-corrected chi connectivity index (χ1v) is 28.0. The Bertz CT molecular complexity index is 2490. The average Bonchev–Trinajstić information content (AvgIpc) is 3.38. The molecule has 384 valence electrons. The molecule has 0 radical (unpaired) electrons. The second kappa shape index (κ2) is 34.4. The third-order valence-corrected chi connectivity index (χ3v) is 13.1. The highest BCUT2D eigenvalue weighted by Gasteiger charge is 2.15. The van der Waals surface area contributed by atoms with Crippen LogP contribution in [0.15, 0.2) is 151 Å². The number of ether oxygens (including phenoxy) is 4. The van der Waals surface area contributed by atoms with Crippen LogP contribution in [0.25, 0.3) is 0 Å². The summed E-state index contributed by atoms with van der Waals surface area (Å²) >= 11 is 0. The summed E-state index contributed by atoms with van der Waals surface area (Å²) in [4.78, 5) is 36.9. The van der Waals surface area contributed by atoms with Crippen LogP contribution < -0.4 is 14.2 Å². The van der Waals surface area contributed by atoms with Gasteiger partial charge in [-0.15, -0.1) is 27.7 Å². The molecular weight excluding hydrogens is 969 g/mol. The number of esters is 3. The smallest absolute Gasteiger partial charge is 0.343 e. The molecule has 6 unspecified atom stereocenters. The summed E-state index contributed by atoms with van der Waals surface area (Å²) in [7, 11) is 10.6. The zero-order chi connectivity index (χ0) is 52.8. The SMILES string of the molecule is CC(C)=CCCC(C)CCOC(=O)c1ccc(CP)cc1.CCC(C)Cc1ccc(OC(=O)c2ccc(OC(=O)c3ccc(OCP)cc3)c(C)c2)cc1.Cc1ccc(CP)cc1.Cc1ccc(CP)cc1. The number of hydrogen-bond acceptors (Lipinski definition) is 7. The summed E-state index contributed by atoms with van der Waals surface area (Å²) in [6, 6.07) is 43.9. The number of carbonyl (C=O) groups excluding carboxylic acids is 3. The van der Waals surface area contributed by atoms with Crippen LogP contribution in [0.4, 0.5) is 0 Å². The van der Waals surface area contributed by atoms with Crippen molar-refractivity contribution in [3.05, 3.63) is 207 Å². The summed E-state index contributed by atoms with van der Waals surface area (Å²) in [5.74, 6) is 1.58. The summed E-state index contributed by atoms with van der Waals surface area (Å²) in [6.07, 6.45) is 11.0. The second-order valence-electron chi connectivity index (χ2n) is 18.1. The molecule has 72 heavy (non-hydrogen) atoms. The van der Waals surface area contributed by atoms with Gasteiger partial charge in [0.1, 0.15) is 23.6 Å². The van der Waals surface area contributed by atoms with Crippen LogP contribution in [0, 0.1) is 32.6 Å². The fraction of sp³-hybridized carbons (Fsp3) is 0.328. The van der Waals surface area contributed by atoms with E-state index in [-0.39, 0.29) is 5.97 Å². The Morgan fingerprint density at radius 3 is 1.47 bits per heavy atom. The van der Waals surface area contributed by atoms with E-state index in [2.05, 4.69) is 140 Å². The van der Waals surface area contributed by atoms with E-state index in [1.165, 1.54) is 39.0 Å². The first-order valence-electron chi connectivity index (χ1n) is 24.7. The van der Waals surface area contributed by atoms with Crippen LogP contribution in [-0.2, 0) is 29.6 Å².